The van der Waals surface area contributed by atoms with Gasteiger partial charge in [-0.3, -0.25) is 0 Å². The van der Waals surface area contributed by atoms with Crippen molar-refractivity contribution in [2.24, 2.45) is 0 Å². The lowest BCUT2D eigenvalue weighted by Crippen LogP contribution is -2.03. The zero-order valence-corrected chi connectivity index (χ0v) is 13.2. The second-order valence-electron chi connectivity index (χ2n) is 4.41. The molecule has 0 unspecified atom stereocenters. The molecule has 0 spiro atoms. The molecule has 7 heteroatoms. The molecule has 3 rings (SSSR count). The standard InChI is InChI=1S/C15H12ClN3O2.ClH/c1-2-21-15(20)10-5-3-9(4-6-10)11-7-12-13(19-11)14(16)18-8-17-12;/h3-8,19H,2H2,1H3;1H. The first kappa shape index (κ1) is 16.3. The van der Waals surface area contributed by atoms with Crippen LogP contribution in [0.1, 0.15) is 17.3 Å². The maximum Gasteiger partial charge on any atom is 0.338 e. The Labute approximate surface area is 138 Å². The van der Waals surface area contributed by atoms with Gasteiger partial charge in [0.05, 0.1) is 17.7 Å². The molecule has 0 saturated heterocycles. The van der Waals surface area contributed by atoms with Crippen LogP contribution in [0.5, 0.6) is 0 Å². The van der Waals surface area contributed by atoms with Gasteiger partial charge in [-0.2, -0.15) is 0 Å². The number of hydrogen-bond acceptors (Lipinski definition) is 4. The molecule has 0 radical (unpaired) electrons. The van der Waals surface area contributed by atoms with E-state index in [2.05, 4.69) is 15.0 Å². The number of rotatable bonds is 3. The van der Waals surface area contributed by atoms with Gasteiger partial charge in [-0.1, -0.05) is 23.7 Å². The molecule has 0 aliphatic heterocycles. The predicted octanol–water partition coefficient (Wildman–Crippen LogP) is 3.88. The largest absolute Gasteiger partial charge is 0.462 e. The van der Waals surface area contributed by atoms with Crippen LogP contribution in [0.4, 0.5) is 0 Å². The zero-order valence-electron chi connectivity index (χ0n) is 11.7. The summed E-state index contributed by atoms with van der Waals surface area (Å²) in [4.78, 5) is 22.9. The Balaban J connectivity index is 0.00000176. The average molecular weight is 338 g/mol. The summed E-state index contributed by atoms with van der Waals surface area (Å²) in [5.74, 6) is -0.324. The Morgan fingerprint density at radius 1 is 1.27 bits per heavy atom. The highest BCUT2D eigenvalue weighted by molar-refractivity contribution is 6.33. The minimum Gasteiger partial charge on any atom is -0.462 e. The van der Waals surface area contributed by atoms with Crippen LogP contribution >= 0.6 is 24.0 Å². The van der Waals surface area contributed by atoms with E-state index in [4.69, 9.17) is 16.3 Å². The molecular weight excluding hydrogens is 325 g/mol. The molecule has 1 aromatic carbocycles. The fraction of sp³-hybridized carbons (Fsp3) is 0.133. The third kappa shape index (κ3) is 3.05. The molecule has 0 fully saturated rings. The van der Waals surface area contributed by atoms with Crippen LogP contribution in [0.25, 0.3) is 22.3 Å². The van der Waals surface area contributed by atoms with E-state index in [1.807, 2.05) is 18.2 Å². The number of carbonyl (C=O) groups excluding carboxylic acids is 1. The third-order valence-electron chi connectivity index (χ3n) is 3.08. The van der Waals surface area contributed by atoms with Gasteiger partial charge in [0.2, 0.25) is 0 Å². The number of nitrogens with zero attached hydrogens (tertiary/aromatic N) is 2. The maximum absolute atomic E-state index is 11.6. The van der Waals surface area contributed by atoms with Crippen LogP contribution in [-0.2, 0) is 4.74 Å². The first-order chi connectivity index (χ1) is 10.2. The lowest BCUT2D eigenvalue weighted by molar-refractivity contribution is 0.0526. The lowest BCUT2D eigenvalue weighted by atomic mass is 10.1. The summed E-state index contributed by atoms with van der Waals surface area (Å²) in [7, 11) is 0. The van der Waals surface area contributed by atoms with Gasteiger partial charge in [0.1, 0.15) is 11.8 Å². The minimum absolute atomic E-state index is 0. The van der Waals surface area contributed by atoms with Crippen molar-refractivity contribution >= 4 is 41.0 Å². The van der Waals surface area contributed by atoms with Gasteiger partial charge in [0.15, 0.2) is 5.15 Å². The molecule has 3 aromatic rings. The van der Waals surface area contributed by atoms with E-state index in [1.54, 1.807) is 19.1 Å². The van der Waals surface area contributed by atoms with Crippen molar-refractivity contribution in [1.82, 2.24) is 15.0 Å². The molecule has 0 aliphatic carbocycles. The van der Waals surface area contributed by atoms with E-state index >= 15 is 0 Å². The highest BCUT2D eigenvalue weighted by Gasteiger charge is 2.10. The first-order valence-corrected chi connectivity index (χ1v) is 6.83. The molecule has 5 nitrogen and oxygen atoms in total. The molecule has 22 heavy (non-hydrogen) atoms. The van der Waals surface area contributed by atoms with Crippen molar-refractivity contribution in [2.75, 3.05) is 6.61 Å². The number of carbonyl (C=O) groups is 1. The van der Waals surface area contributed by atoms with E-state index in [-0.39, 0.29) is 18.4 Å². The predicted molar refractivity (Wildman–Crippen MR) is 87.5 cm³/mol. The summed E-state index contributed by atoms with van der Waals surface area (Å²) in [5, 5.41) is 0.384. The van der Waals surface area contributed by atoms with Crippen molar-refractivity contribution in [2.45, 2.75) is 6.92 Å². The fourth-order valence-corrected chi connectivity index (χ4v) is 2.25. The highest BCUT2D eigenvalue weighted by Crippen LogP contribution is 2.26. The van der Waals surface area contributed by atoms with E-state index in [1.165, 1.54) is 6.33 Å². The van der Waals surface area contributed by atoms with Gasteiger partial charge in [0, 0.05) is 5.69 Å². The van der Waals surface area contributed by atoms with Gasteiger partial charge >= 0.3 is 5.97 Å². The molecule has 0 bridgehead atoms. The number of benzene rings is 1. The molecule has 114 valence electrons. The number of ether oxygens (including phenoxy) is 1. The van der Waals surface area contributed by atoms with Crippen molar-refractivity contribution in [3.05, 3.63) is 47.4 Å². The van der Waals surface area contributed by atoms with Gasteiger partial charge in [-0.15, -0.1) is 12.4 Å². The van der Waals surface area contributed by atoms with Crippen LogP contribution in [0.3, 0.4) is 0 Å². The molecule has 0 atom stereocenters. The van der Waals surface area contributed by atoms with Crippen molar-refractivity contribution < 1.29 is 9.53 Å². The quantitative estimate of drug-likeness (QED) is 0.581. The fourth-order valence-electron chi connectivity index (χ4n) is 2.06. The van der Waals surface area contributed by atoms with E-state index in [0.717, 1.165) is 16.8 Å². The van der Waals surface area contributed by atoms with Crippen LogP contribution < -0.4 is 0 Å². The molecule has 2 aromatic heterocycles. The van der Waals surface area contributed by atoms with Crippen LogP contribution in [0.2, 0.25) is 5.15 Å². The van der Waals surface area contributed by atoms with Crippen molar-refractivity contribution in [3.8, 4) is 11.3 Å². The SMILES string of the molecule is CCOC(=O)c1ccc(-c2cc3ncnc(Cl)c3[nH]2)cc1.Cl. The number of hydrogen-bond donors (Lipinski definition) is 1. The third-order valence-corrected chi connectivity index (χ3v) is 3.36. The monoisotopic (exact) mass is 337 g/mol. The van der Waals surface area contributed by atoms with E-state index in [9.17, 15) is 4.79 Å². The zero-order chi connectivity index (χ0) is 14.8. The van der Waals surface area contributed by atoms with Crippen LogP contribution in [-0.4, -0.2) is 27.5 Å². The van der Waals surface area contributed by atoms with Gasteiger partial charge in [-0.25, -0.2) is 14.8 Å². The number of aromatic amines is 1. The Morgan fingerprint density at radius 3 is 2.64 bits per heavy atom. The topological polar surface area (TPSA) is 67.9 Å². The molecule has 0 aliphatic rings. The smallest absolute Gasteiger partial charge is 0.338 e. The normalized spacial score (nSPS) is 10.3. The Morgan fingerprint density at radius 2 is 2.00 bits per heavy atom. The number of esters is 1. The first-order valence-electron chi connectivity index (χ1n) is 6.46. The van der Waals surface area contributed by atoms with Gasteiger partial charge < -0.3 is 9.72 Å². The van der Waals surface area contributed by atoms with Gasteiger partial charge in [-0.05, 0) is 30.7 Å². The Kier molecular flexibility index (Phi) is 5.00. The van der Waals surface area contributed by atoms with E-state index < -0.39 is 0 Å². The molecule has 1 N–H and O–H groups in total. The summed E-state index contributed by atoms with van der Waals surface area (Å²) in [6, 6.07) is 9.04. The second kappa shape index (κ2) is 6.77. The number of H-pyrrole nitrogens is 1. The molecule has 0 amide bonds. The van der Waals surface area contributed by atoms with Gasteiger partial charge in [0.25, 0.3) is 0 Å². The highest BCUT2D eigenvalue weighted by atomic mass is 35.5. The molecule has 0 saturated carbocycles. The molecule has 2 heterocycles. The van der Waals surface area contributed by atoms with Crippen LogP contribution in [0.15, 0.2) is 36.7 Å². The number of fused-ring (bicyclic) bond motifs is 1. The number of halogens is 2. The number of aromatic nitrogens is 3. The second-order valence-corrected chi connectivity index (χ2v) is 4.76. The van der Waals surface area contributed by atoms with Crippen molar-refractivity contribution in [3.63, 3.8) is 0 Å². The summed E-state index contributed by atoms with van der Waals surface area (Å²) in [6.45, 7) is 2.14. The average Bonchev–Trinajstić information content (AvgIpc) is 2.93. The minimum atomic E-state index is -0.324. The lowest BCUT2D eigenvalue weighted by Gasteiger charge is -2.02. The van der Waals surface area contributed by atoms with Crippen LogP contribution in [0, 0.1) is 0 Å². The summed E-state index contributed by atoms with van der Waals surface area (Å²) < 4.78 is 4.95. The number of nitrogens with one attached hydrogen (secondary N) is 1. The van der Waals surface area contributed by atoms with E-state index in [0.29, 0.717) is 22.8 Å². The maximum atomic E-state index is 11.6. The van der Waals surface area contributed by atoms with Crippen molar-refractivity contribution in [1.29, 1.82) is 0 Å². The summed E-state index contributed by atoms with van der Waals surface area (Å²) in [6.07, 6.45) is 1.42. The summed E-state index contributed by atoms with van der Waals surface area (Å²) >= 11 is 6.02. The Hall–Kier alpha value is -2.11. The molecular formula is C15H13Cl2N3O2. The Bertz CT molecular complexity index is 800. The summed E-state index contributed by atoms with van der Waals surface area (Å²) in [5.41, 5.74) is 3.76.